The number of hydrogen-bond acceptors (Lipinski definition) is 1. The lowest BCUT2D eigenvalue weighted by Crippen LogP contribution is -2.39. The second-order valence-corrected chi connectivity index (χ2v) is 6.06. The molecule has 0 radical (unpaired) electrons. The first-order valence-electron chi connectivity index (χ1n) is 8.02. The predicted octanol–water partition coefficient (Wildman–Crippen LogP) is 4.71. The summed E-state index contributed by atoms with van der Waals surface area (Å²) < 4.78 is 0. The zero-order chi connectivity index (χ0) is 14.4. The molecule has 2 rings (SSSR count). The Balaban J connectivity index is 2.13. The minimum Gasteiger partial charge on any atom is -0.481 e. The molecule has 0 aliphatic heterocycles. The van der Waals surface area contributed by atoms with Gasteiger partial charge < -0.3 is 5.11 Å². The highest BCUT2D eigenvalue weighted by Gasteiger charge is 2.42. The van der Waals surface area contributed by atoms with Gasteiger partial charge in [-0.3, -0.25) is 4.79 Å². The SMILES string of the molecule is CCCCCCCC1(C(=O)O)CCCc2ccccc21. The summed E-state index contributed by atoms with van der Waals surface area (Å²) in [6, 6.07) is 8.15. The third-order valence-corrected chi connectivity index (χ3v) is 4.70. The van der Waals surface area contributed by atoms with Crippen molar-refractivity contribution in [1.29, 1.82) is 0 Å². The Labute approximate surface area is 122 Å². The van der Waals surface area contributed by atoms with Crippen molar-refractivity contribution in [2.75, 3.05) is 0 Å². The first-order valence-corrected chi connectivity index (χ1v) is 8.02. The van der Waals surface area contributed by atoms with Gasteiger partial charge in [-0.05, 0) is 36.8 Å². The molecular formula is C18H26O2. The molecular weight excluding hydrogens is 248 g/mol. The molecule has 1 aromatic carbocycles. The maximum atomic E-state index is 12.0. The van der Waals surface area contributed by atoms with Crippen LogP contribution in [0.1, 0.15) is 69.4 Å². The smallest absolute Gasteiger partial charge is 0.314 e. The van der Waals surface area contributed by atoms with Gasteiger partial charge >= 0.3 is 5.97 Å². The fourth-order valence-electron chi connectivity index (χ4n) is 3.54. The Morgan fingerprint density at radius 3 is 2.70 bits per heavy atom. The van der Waals surface area contributed by atoms with Gasteiger partial charge in [-0.2, -0.15) is 0 Å². The molecule has 0 heterocycles. The average Bonchev–Trinajstić information content (AvgIpc) is 2.47. The van der Waals surface area contributed by atoms with Gasteiger partial charge in [-0.25, -0.2) is 0 Å². The number of benzene rings is 1. The normalized spacial score (nSPS) is 21.4. The summed E-state index contributed by atoms with van der Waals surface area (Å²) in [5.74, 6) is -0.625. The molecule has 0 amide bonds. The van der Waals surface area contributed by atoms with Crippen molar-refractivity contribution in [3.05, 3.63) is 35.4 Å². The number of fused-ring (bicyclic) bond motifs is 1. The molecule has 110 valence electrons. The molecule has 0 bridgehead atoms. The van der Waals surface area contributed by atoms with Crippen LogP contribution < -0.4 is 0 Å². The van der Waals surface area contributed by atoms with E-state index in [1.165, 1.54) is 24.8 Å². The first kappa shape index (κ1) is 15.1. The zero-order valence-electron chi connectivity index (χ0n) is 12.5. The van der Waals surface area contributed by atoms with Crippen LogP contribution in [0.5, 0.6) is 0 Å². The molecule has 0 spiro atoms. The standard InChI is InChI=1S/C18H26O2/c1-2-3-4-5-8-13-18(17(19)20)14-9-11-15-10-6-7-12-16(15)18/h6-7,10,12H,2-5,8-9,11,13-14H2,1H3,(H,19,20). The Hall–Kier alpha value is -1.31. The summed E-state index contributed by atoms with van der Waals surface area (Å²) in [5.41, 5.74) is 1.70. The third-order valence-electron chi connectivity index (χ3n) is 4.70. The number of carbonyl (C=O) groups is 1. The van der Waals surface area contributed by atoms with Gasteiger partial charge in [0.05, 0.1) is 5.41 Å². The fraction of sp³-hybridized carbons (Fsp3) is 0.611. The Morgan fingerprint density at radius 1 is 1.20 bits per heavy atom. The van der Waals surface area contributed by atoms with Crippen LogP contribution in [-0.2, 0) is 16.6 Å². The van der Waals surface area contributed by atoms with Crippen LogP contribution >= 0.6 is 0 Å². The molecule has 0 fully saturated rings. The van der Waals surface area contributed by atoms with Crippen molar-refractivity contribution in [3.63, 3.8) is 0 Å². The quantitative estimate of drug-likeness (QED) is 0.731. The highest BCUT2D eigenvalue weighted by Crippen LogP contribution is 2.41. The van der Waals surface area contributed by atoms with E-state index in [0.717, 1.165) is 44.1 Å². The van der Waals surface area contributed by atoms with Crippen molar-refractivity contribution in [1.82, 2.24) is 0 Å². The fourth-order valence-corrected chi connectivity index (χ4v) is 3.54. The van der Waals surface area contributed by atoms with E-state index in [-0.39, 0.29) is 0 Å². The molecule has 0 saturated carbocycles. The van der Waals surface area contributed by atoms with Crippen LogP contribution in [0, 0.1) is 0 Å². The lowest BCUT2D eigenvalue weighted by atomic mass is 9.67. The van der Waals surface area contributed by atoms with Crippen LogP contribution in [0.25, 0.3) is 0 Å². The average molecular weight is 274 g/mol. The van der Waals surface area contributed by atoms with Gasteiger partial charge in [-0.1, -0.05) is 63.3 Å². The summed E-state index contributed by atoms with van der Waals surface area (Å²) in [7, 11) is 0. The van der Waals surface area contributed by atoms with Crippen molar-refractivity contribution in [2.24, 2.45) is 0 Å². The Bertz CT molecular complexity index is 452. The lowest BCUT2D eigenvalue weighted by Gasteiger charge is -2.35. The molecule has 1 atom stereocenters. The maximum Gasteiger partial charge on any atom is 0.314 e. The number of rotatable bonds is 7. The highest BCUT2D eigenvalue weighted by atomic mass is 16.4. The van der Waals surface area contributed by atoms with E-state index in [0.29, 0.717) is 0 Å². The van der Waals surface area contributed by atoms with Crippen LogP contribution in [0.3, 0.4) is 0 Å². The van der Waals surface area contributed by atoms with Crippen LogP contribution in [0.4, 0.5) is 0 Å². The van der Waals surface area contributed by atoms with Crippen molar-refractivity contribution in [3.8, 4) is 0 Å². The van der Waals surface area contributed by atoms with Crippen molar-refractivity contribution >= 4 is 5.97 Å². The molecule has 0 aromatic heterocycles. The van der Waals surface area contributed by atoms with E-state index in [2.05, 4.69) is 13.0 Å². The molecule has 20 heavy (non-hydrogen) atoms. The second-order valence-electron chi connectivity index (χ2n) is 6.06. The van der Waals surface area contributed by atoms with Crippen LogP contribution in [0.2, 0.25) is 0 Å². The number of carboxylic acid groups (broad SMARTS) is 1. The zero-order valence-corrected chi connectivity index (χ0v) is 12.5. The van der Waals surface area contributed by atoms with E-state index < -0.39 is 11.4 Å². The molecule has 1 aliphatic rings. The summed E-state index contributed by atoms with van der Waals surface area (Å²) in [4.78, 5) is 12.0. The number of hydrogen-bond donors (Lipinski definition) is 1. The molecule has 0 saturated heterocycles. The van der Waals surface area contributed by atoms with Crippen LogP contribution in [0.15, 0.2) is 24.3 Å². The minimum absolute atomic E-state index is 0.624. The highest BCUT2D eigenvalue weighted by molar-refractivity contribution is 5.82. The minimum atomic E-state index is -0.625. The monoisotopic (exact) mass is 274 g/mol. The summed E-state index contributed by atoms with van der Waals surface area (Å²) in [5, 5.41) is 9.84. The van der Waals surface area contributed by atoms with Gasteiger partial charge in [-0.15, -0.1) is 0 Å². The molecule has 1 unspecified atom stereocenters. The summed E-state index contributed by atoms with van der Waals surface area (Å²) >= 11 is 0. The van der Waals surface area contributed by atoms with E-state index >= 15 is 0 Å². The Kier molecular flexibility index (Phi) is 5.22. The van der Waals surface area contributed by atoms with E-state index in [1.807, 2.05) is 18.2 Å². The van der Waals surface area contributed by atoms with Crippen LogP contribution in [-0.4, -0.2) is 11.1 Å². The second kappa shape index (κ2) is 6.92. The van der Waals surface area contributed by atoms with Gasteiger partial charge in [0.15, 0.2) is 0 Å². The number of carboxylic acids is 1. The predicted molar refractivity (Wildman–Crippen MR) is 82.1 cm³/mol. The number of aliphatic carboxylic acids is 1. The van der Waals surface area contributed by atoms with Gasteiger partial charge in [0.25, 0.3) is 0 Å². The first-order chi connectivity index (χ1) is 9.70. The summed E-state index contributed by atoms with van der Waals surface area (Å²) in [6.07, 6.45) is 9.53. The van der Waals surface area contributed by atoms with Crippen molar-refractivity contribution < 1.29 is 9.90 Å². The van der Waals surface area contributed by atoms with E-state index in [9.17, 15) is 9.90 Å². The molecule has 2 nitrogen and oxygen atoms in total. The van der Waals surface area contributed by atoms with Crippen molar-refractivity contribution in [2.45, 2.75) is 70.1 Å². The Morgan fingerprint density at radius 2 is 1.95 bits per heavy atom. The van der Waals surface area contributed by atoms with Gasteiger partial charge in [0, 0.05) is 0 Å². The molecule has 2 heteroatoms. The molecule has 1 aromatic rings. The van der Waals surface area contributed by atoms with Gasteiger partial charge in [0.2, 0.25) is 0 Å². The molecule has 1 aliphatic carbocycles. The van der Waals surface area contributed by atoms with E-state index in [4.69, 9.17) is 0 Å². The third kappa shape index (κ3) is 3.05. The summed E-state index contributed by atoms with van der Waals surface area (Å²) in [6.45, 7) is 2.20. The number of aryl methyl sites for hydroxylation is 1. The topological polar surface area (TPSA) is 37.3 Å². The largest absolute Gasteiger partial charge is 0.481 e. The number of unbranched alkanes of at least 4 members (excludes halogenated alkanes) is 4. The lowest BCUT2D eigenvalue weighted by molar-refractivity contribution is -0.145. The van der Waals surface area contributed by atoms with Gasteiger partial charge in [0.1, 0.15) is 0 Å². The maximum absolute atomic E-state index is 12.0. The van der Waals surface area contributed by atoms with E-state index in [1.54, 1.807) is 0 Å². The molecule has 1 N–H and O–H groups in total.